The maximum atomic E-state index is 12.8. The molecule has 2 aromatic carbocycles. The largest absolute Gasteiger partial charge is 0.352 e. The van der Waals surface area contributed by atoms with E-state index < -0.39 is 10.0 Å². The Morgan fingerprint density at radius 3 is 2.24 bits per heavy atom. The molecule has 1 fully saturated rings. The lowest BCUT2D eigenvalue weighted by Gasteiger charge is -2.34. The first-order chi connectivity index (χ1) is 15.9. The number of piperazine rings is 1. The second-order valence-corrected chi connectivity index (χ2v) is 10.8. The van der Waals surface area contributed by atoms with Crippen LogP contribution < -0.4 is 5.32 Å². The van der Waals surface area contributed by atoms with E-state index in [0.29, 0.717) is 42.6 Å². The van der Waals surface area contributed by atoms with Gasteiger partial charge in [-0.05, 0) is 42.2 Å². The molecule has 3 rings (SSSR count). The molecule has 0 unspecified atom stereocenters. The van der Waals surface area contributed by atoms with Crippen molar-refractivity contribution in [2.75, 3.05) is 32.7 Å². The molecule has 0 aliphatic carbocycles. The summed E-state index contributed by atoms with van der Waals surface area (Å²) in [5.74, 6) is 0.522. The van der Waals surface area contributed by atoms with Crippen LogP contribution in [0.4, 0.5) is 0 Å². The number of amides is 1. The Hall–Kier alpha value is -2.22. The zero-order valence-corrected chi connectivity index (χ0v) is 20.7. The summed E-state index contributed by atoms with van der Waals surface area (Å²) in [4.78, 5) is 15.1. The fourth-order valence-corrected chi connectivity index (χ4v) is 5.61. The summed E-state index contributed by atoms with van der Waals surface area (Å²) in [6.45, 7) is 8.18. The van der Waals surface area contributed by atoms with Gasteiger partial charge < -0.3 is 5.32 Å². The predicted octanol–water partition coefficient (Wildman–Crippen LogP) is 4.14. The van der Waals surface area contributed by atoms with Gasteiger partial charge in [0.15, 0.2) is 0 Å². The summed E-state index contributed by atoms with van der Waals surface area (Å²) in [6.07, 6.45) is 4.63. The molecule has 1 atom stereocenters. The van der Waals surface area contributed by atoms with Gasteiger partial charge in [0, 0.05) is 44.8 Å². The Bertz CT molecular complexity index is 970. The third kappa shape index (κ3) is 7.13. The fraction of sp³-hybridized carbons (Fsp3) is 0.500. The van der Waals surface area contributed by atoms with Gasteiger partial charge in [-0.25, -0.2) is 8.42 Å². The van der Waals surface area contributed by atoms with Gasteiger partial charge in [-0.2, -0.15) is 4.31 Å². The molecule has 1 heterocycles. The Balaban J connectivity index is 1.47. The molecule has 180 valence electrons. The normalized spacial score (nSPS) is 16.4. The monoisotopic (exact) mass is 471 g/mol. The van der Waals surface area contributed by atoms with E-state index in [-0.39, 0.29) is 5.91 Å². The van der Waals surface area contributed by atoms with E-state index in [1.54, 1.807) is 28.6 Å². The quantitative estimate of drug-likeness (QED) is 0.535. The van der Waals surface area contributed by atoms with E-state index in [1.165, 1.54) is 12.8 Å². The Kier molecular flexibility index (Phi) is 9.47. The average Bonchev–Trinajstić information content (AvgIpc) is 2.85. The van der Waals surface area contributed by atoms with Crippen LogP contribution in [0.3, 0.4) is 0 Å². The van der Waals surface area contributed by atoms with Crippen molar-refractivity contribution in [3.8, 4) is 0 Å². The van der Waals surface area contributed by atoms with Crippen molar-refractivity contribution in [2.24, 2.45) is 5.92 Å². The van der Waals surface area contributed by atoms with Crippen LogP contribution in [-0.4, -0.2) is 56.3 Å². The summed E-state index contributed by atoms with van der Waals surface area (Å²) in [7, 11) is -3.43. The molecule has 33 heavy (non-hydrogen) atoms. The lowest BCUT2D eigenvalue weighted by Crippen LogP contribution is -2.48. The molecule has 1 N–H and O–H groups in total. The number of hydrogen-bond acceptors (Lipinski definition) is 4. The first-order valence-electron chi connectivity index (χ1n) is 12.1. The van der Waals surface area contributed by atoms with Gasteiger partial charge in [-0.3, -0.25) is 9.69 Å². The SMILES string of the molecule is CCCC[C@H](CC)CNC(=O)c1ccc(CN2CCN(S(=O)(=O)c3ccccc3)CC2)cc1. The van der Waals surface area contributed by atoms with Crippen molar-refractivity contribution >= 4 is 15.9 Å². The number of nitrogens with zero attached hydrogens (tertiary/aromatic N) is 2. The van der Waals surface area contributed by atoms with Crippen molar-refractivity contribution in [3.05, 3.63) is 65.7 Å². The molecular weight excluding hydrogens is 434 g/mol. The van der Waals surface area contributed by atoms with Crippen molar-refractivity contribution in [3.63, 3.8) is 0 Å². The molecule has 1 aliphatic heterocycles. The van der Waals surface area contributed by atoms with Crippen LogP contribution in [0, 0.1) is 5.92 Å². The topological polar surface area (TPSA) is 69.7 Å². The number of sulfonamides is 1. The summed E-state index contributed by atoms with van der Waals surface area (Å²) < 4.78 is 27.1. The average molecular weight is 472 g/mol. The van der Waals surface area contributed by atoms with E-state index in [2.05, 4.69) is 24.1 Å². The van der Waals surface area contributed by atoms with Crippen molar-refractivity contribution in [1.82, 2.24) is 14.5 Å². The summed E-state index contributed by atoms with van der Waals surface area (Å²) in [5, 5.41) is 3.08. The molecule has 1 amide bonds. The highest BCUT2D eigenvalue weighted by Crippen LogP contribution is 2.18. The zero-order chi connectivity index (χ0) is 23.7. The summed E-state index contributed by atoms with van der Waals surface area (Å²) >= 11 is 0. The lowest BCUT2D eigenvalue weighted by molar-refractivity contribution is 0.0945. The Morgan fingerprint density at radius 1 is 0.970 bits per heavy atom. The smallest absolute Gasteiger partial charge is 0.251 e. The molecule has 0 bridgehead atoms. The standard InChI is InChI=1S/C26H37N3O3S/c1-3-5-9-22(4-2)20-27-26(30)24-14-12-23(13-15-24)21-28-16-18-29(19-17-28)33(31,32)25-10-7-6-8-11-25/h6-8,10-15,22H,3-5,9,16-21H2,1-2H3,(H,27,30)/t22-/m0/s1. The molecule has 0 spiro atoms. The van der Waals surface area contributed by atoms with Crippen LogP contribution in [0.5, 0.6) is 0 Å². The van der Waals surface area contributed by atoms with Gasteiger partial charge in [-0.15, -0.1) is 0 Å². The van der Waals surface area contributed by atoms with Crippen LogP contribution in [0.25, 0.3) is 0 Å². The van der Waals surface area contributed by atoms with E-state index >= 15 is 0 Å². The van der Waals surface area contributed by atoms with Crippen molar-refractivity contribution < 1.29 is 13.2 Å². The van der Waals surface area contributed by atoms with E-state index in [1.807, 2.05) is 30.3 Å². The number of carbonyl (C=O) groups is 1. The predicted molar refractivity (Wildman–Crippen MR) is 133 cm³/mol. The molecule has 7 heteroatoms. The highest BCUT2D eigenvalue weighted by atomic mass is 32.2. The van der Waals surface area contributed by atoms with Gasteiger partial charge in [0.05, 0.1) is 4.90 Å². The minimum atomic E-state index is -3.43. The highest BCUT2D eigenvalue weighted by molar-refractivity contribution is 7.89. The Morgan fingerprint density at radius 2 is 1.64 bits per heavy atom. The second-order valence-electron chi connectivity index (χ2n) is 8.82. The van der Waals surface area contributed by atoms with Gasteiger partial charge in [0.2, 0.25) is 10.0 Å². The van der Waals surface area contributed by atoms with Crippen LogP contribution in [0.15, 0.2) is 59.5 Å². The highest BCUT2D eigenvalue weighted by Gasteiger charge is 2.28. The van der Waals surface area contributed by atoms with E-state index in [9.17, 15) is 13.2 Å². The third-order valence-corrected chi connectivity index (χ3v) is 8.34. The second kappa shape index (κ2) is 12.3. The molecular formula is C26H37N3O3S. The molecule has 0 aromatic heterocycles. The first-order valence-corrected chi connectivity index (χ1v) is 13.5. The van der Waals surface area contributed by atoms with Gasteiger partial charge in [-0.1, -0.05) is 63.4 Å². The molecule has 1 aliphatic rings. The van der Waals surface area contributed by atoms with Crippen LogP contribution in [0.1, 0.15) is 55.5 Å². The van der Waals surface area contributed by atoms with Crippen LogP contribution >= 0.6 is 0 Å². The number of unbranched alkanes of at least 4 members (excludes halogenated alkanes) is 1. The number of rotatable bonds is 11. The van der Waals surface area contributed by atoms with E-state index in [4.69, 9.17) is 0 Å². The number of carbonyl (C=O) groups excluding carboxylic acids is 1. The molecule has 6 nitrogen and oxygen atoms in total. The van der Waals surface area contributed by atoms with E-state index in [0.717, 1.165) is 31.5 Å². The molecule has 1 saturated heterocycles. The minimum absolute atomic E-state index is 0.0174. The number of hydrogen-bond donors (Lipinski definition) is 1. The van der Waals surface area contributed by atoms with Gasteiger partial charge >= 0.3 is 0 Å². The van der Waals surface area contributed by atoms with Crippen LogP contribution in [0.2, 0.25) is 0 Å². The first kappa shape index (κ1) is 25.4. The molecule has 0 radical (unpaired) electrons. The van der Waals surface area contributed by atoms with Crippen molar-refractivity contribution in [2.45, 2.75) is 51.0 Å². The summed E-state index contributed by atoms with van der Waals surface area (Å²) in [5.41, 5.74) is 1.81. The van der Waals surface area contributed by atoms with Gasteiger partial charge in [0.25, 0.3) is 5.91 Å². The van der Waals surface area contributed by atoms with Crippen LogP contribution in [-0.2, 0) is 16.6 Å². The lowest BCUT2D eigenvalue weighted by atomic mass is 9.99. The zero-order valence-electron chi connectivity index (χ0n) is 19.9. The van der Waals surface area contributed by atoms with Crippen molar-refractivity contribution in [1.29, 1.82) is 0 Å². The number of benzene rings is 2. The van der Waals surface area contributed by atoms with Gasteiger partial charge in [0.1, 0.15) is 0 Å². The fourth-order valence-electron chi connectivity index (χ4n) is 4.17. The number of nitrogens with one attached hydrogen (secondary N) is 1. The maximum absolute atomic E-state index is 12.8. The molecule has 2 aromatic rings. The minimum Gasteiger partial charge on any atom is -0.352 e. The third-order valence-electron chi connectivity index (χ3n) is 6.43. The Labute approximate surface area is 199 Å². The summed E-state index contributed by atoms with van der Waals surface area (Å²) in [6, 6.07) is 16.4. The maximum Gasteiger partial charge on any atom is 0.251 e. The molecule has 0 saturated carbocycles.